The Balaban J connectivity index is 2.04. The van der Waals surface area contributed by atoms with Crippen molar-refractivity contribution in [1.29, 1.82) is 0 Å². The Kier molecular flexibility index (Phi) is 6.31. The van der Waals surface area contributed by atoms with Crippen LogP contribution in [0.5, 0.6) is 5.75 Å². The summed E-state index contributed by atoms with van der Waals surface area (Å²) in [4.78, 5) is 25.9. The fourth-order valence-electron chi connectivity index (χ4n) is 2.27. The van der Waals surface area contributed by atoms with Crippen LogP contribution in [0, 0.1) is 10.1 Å². The highest BCUT2D eigenvalue weighted by Crippen LogP contribution is 2.29. The Bertz CT molecular complexity index is 734. The number of anilines is 1. The number of likely N-dealkylation sites (N-methyl/N-ethyl adjacent to an activating group) is 1. The number of hydrogen-bond donors (Lipinski definition) is 2. The molecule has 1 atom stereocenters. The highest BCUT2D eigenvalue weighted by Gasteiger charge is 2.19. The molecule has 1 unspecified atom stereocenters. The zero-order chi connectivity index (χ0) is 18.4. The summed E-state index contributed by atoms with van der Waals surface area (Å²) in [6, 6.07) is 7.74. The van der Waals surface area contributed by atoms with Crippen molar-refractivity contribution in [3.05, 3.63) is 50.7 Å². The van der Waals surface area contributed by atoms with Crippen LogP contribution in [-0.4, -0.2) is 43.6 Å². The maximum atomic E-state index is 12.1. The van der Waals surface area contributed by atoms with Gasteiger partial charge in [-0.25, -0.2) is 4.79 Å². The van der Waals surface area contributed by atoms with Crippen molar-refractivity contribution in [3.63, 3.8) is 0 Å². The number of nitro groups is 1. The van der Waals surface area contributed by atoms with Gasteiger partial charge in [-0.2, -0.15) is 0 Å². The lowest BCUT2D eigenvalue weighted by atomic mass is 10.2. The first-order valence-corrected chi connectivity index (χ1v) is 8.37. The van der Waals surface area contributed by atoms with E-state index in [2.05, 4.69) is 10.6 Å². The number of nitro benzene ring substituents is 1. The second-order valence-corrected chi connectivity index (χ2v) is 6.45. The van der Waals surface area contributed by atoms with Crippen LogP contribution in [-0.2, 0) is 0 Å². The molecule has 0 saturated heterocycles. The normalized spacial score (nSPS) is 11.8. The highest BCUT2D eigenvalue weighted by molar-refractivity contribution is 7.10. The lowest BCUT2D eigenvalue weighted by Crippen LogP contribution is -2.36. The van der Waals surface area contributed by atoms with E-state index in [1.807, 2.05) is 36.5 Å². The number of methoxy groups -OCH3 is 1. The maximum Gasteiger partial charge on any atom is 0.319 e. The Labute approximate surface area is 149 Å². The van der Waals surface area contributed by atoms with E-state index in [4.69, 9.17) is 4.74 Å². The first-order valence-electron chi connectivity index (χ1n) is 7.49. The van der Waals surface area contributed by atoms with E-state index >= 15 is 0 Å². The van der Waals surface area contributed by atoms with Gasteiger partial charge in [-0.15, -0.1) is 11.3 Å². The first kappa shape index (κ1) is 18.7. The molecule has 8 nitrogen and oxygen atoms in total. The maximum absolute atomic E-state index is 12.1. The SMILES string of the molecule is COc1ccc(NC(=O)NCC(c2cccs2)N(C)C)c([N+](=O)[O-])c1. The molecule has 0 saturated carbocycles. The van der Waals surface area contributed by atoms with Gasteiger partial charge >= 0.3 is 6.03 Å². The molecular weight excluding hydrogens is 344 g/mol. The van der Waals surface area contributed by atoms with Crippen LogP contribution in [0.25, 0.3) is 0 Å². The molecule has 0 aliphatic carbocycles. The molecule has 9 heteroatoms. The molecule has 0 fully saturated rings. The van der Waals surface area contributed by atoms with Crippen molar-refractivity contribution in [3.8, 4) is 5.75 Å². The fraction of sp³-hybridized carbons (Fsp3) is 0.312. The third kappa shape index (κ3) is 4.91. The van der Waals surface area contributed by atoms with Crippen molar-refractivity contribution in [2.75, 3.05) is 33.1 Å². The van der Waals surface area contributed by atoms with Gasteiger partial charge < -0.3 is 20.3 Å². The lowest BCUT2D eigenvalue weighted by molar-refractivity contribution is -0.384. The Hall–Kier alpha value is -2.65. The molecule has 0 radical (unpaired) electrons. The number of amides is 2. The van der Waals surface area contributed by atoms with Crippen LogP contribution >= 0.6 is 11.3 Å². The molecule has 25 heavy (non-hydrogen) atoms. The van der Waals surface area contributed by atoms with Gasteiger partial charge in [-0.05, 0) is 37.7 Å². The summed E-state index contributed by atoms with van der Waals surface area (Å²) in [5.41, 5.74) is -0.113. The molecule has 0 spiro atoms. The van der Waals surface area contributed by atoms with Crippen LogP contribution < -0.4 is 15.4 Å². The summed E-state index contributed by atoms with van der Waals surface area (Å²) < 4.78 is 4.97. The zero-order valence-corrected chi connectivity index (χ0v) is 15.0. The van der Waals surface area contributed by atoms with Crippen molar-refractivity contribution >= 4 is 28.7 Å². The number of benzene rings is 1. The van der Waals surface area contributed by atoms with E-state index in [0.29, 0.717) is 12.3 Å². The zero-order valence-electron chi connectivity index (χ0n) is 14.2. The molecule has 1 aromatic heterocycles. The van der Waals surface area contributed by atoms with E-state index in [1.165, 1.54) is 19.2 Å². The van der Waals surface area contributed by atoms with E-state index in [9.17, 15) is 14.9 Å². The van der Waals surface area contributed by atoms with Gasteiger partial charge in [0.25, 0.3) is 5.69 Å². The number of hydrogen-bond acceptors (Lipinski definition) is 6. The average molecular weight is 364 g/mol. The molecule has 134 valence electrons. The van der Waals surface area contributed by atoms with Gasteiger partial charge in [-0.1, -0.05) is 6.07 Å². The molecule has 0 aliphatic heterocycles. The number of carbonyl (C=O) groups excluding carboxylic acids is 1. The molecular formula is C16H20N4O4S. The lowest BCUT2D eigenvalue weighted by Gasteiger charge is -2.23. The molecule has 0 bridgehead atoms. The number of carbonyl (C=O) groups is 1. The molecule has 1 aromatic carbocycles. The van der Waals surface area contributed by atoms with Gasteiger partial charge in [-0.3, -0.25) is 10.1 Å². The van der Waals surface area contributed by atoms with Crippen LogP contribution in [0.4, 0.5) is 16.2 Å². The van der Waals surface area contributed by atoms with E-state index < -0.39 is 11.0 Å². The van der Waals surface area contributed by atoms with Gasteiger partial charge in [0, 0.05) is 11.4 Å². The van der Waals surface area contributed by atoms with Crippen molar-refractivity contribution in [2.24, 2.45) is 0 Å². The third-order valence-electron chi connectivity index (χ3n) is 3.60. The van der Waals surface area contributed by atoms with Gasteiger partial charge in [0.05, 0.1) is 24.1 Å². The van der Waals surface area contributed by atoms with Crippen molar-refractivity contribution < 1.29 is 14.5 Å². The van der Waals surface area contributed by atoms with Crippen LogP contribution in [0.1, 0.15) is 10.9 Å². The van der Waals surface area contributed by atoms with E-state index in [0.717, 1.165) is 4.88 Å². The molecule has 1 heterocycles. The summed E-state index contributed by atoms with van der Waals surface area (Å²) in [7, 11) is 5.28. The summed E-state index contributed by atoms with van der Waals surface area (Å²) in [6.07, 6.45) is 0. The minimum absolute atomic E-state index is 0.0246. The number of nitrogens with zero attached hydrogens (tertiary/aromatic N) is 2. The summed E-state index contributed by atoms with van der Waals surface area (Å²) in [5, 5.41) is 18.4. The molecule has 2 amide bonds. The number of nitrogens with one attached hydrogen (secondary N) is 2. The van der Waals surface area contributed by atoms with Crippen LogP contribution in [0.3, 0.4) is 0 Å². The van der Waals surface area contributed by atoms with E-state index in [1.54, 1.807) is 17.4 Å². The Morgan fingerprint density at radius 1 is 1.40 bits per heavy atom. The van der Waals surface area contributed by atoms with Crippen LogP contribution in [0.2, 0.25) is 0 Å². The average Bonchev–Trinajstić information content (AvgIpc) is 3.09. The number of rotatable bonds is 7. The standard InChI is InChI=1S/C16H20N4O4S/c1-19(2)14(15-5-4-8-25-15)10-17-16(21)18-12-7-6-11(24-3)9-13(12)20(22)23/h4-9,14H,10H2,1-3H3,(H2,17,18,21). The largest absolute Gasteiger partial charge is 0.496 e. The summed E-state index contributed by atoms with van der Waals surface area (Å²) in [6.45, 7) is 0.378. The van der Waals surface area contributed by atoms with Crippen molar-refractivity contribution in [1.82, 2.24) is 10.2 Å². The smallest absolute Gasteiger partial charge is 0.319 e. The molecule has 2 rings (SSSR count). The fourth-order valence-corrected chi connectivity index (χ4v) is 3.19. The topological polar surface area (TPSA) is 96.7 Å². The number of ether oxygens (including phenoxy) is 1. The minimum atomic E-state index is -0.563. The third-order valence-corrected chi connectivity index (χ3v) is 4.57. The predicted octanol–water partition coefficient (Wildman–Crippen LogP) is 3.09. The second-order valence-electron chi connectivity index (χ2n) is 5.47. The minimum Gasteiger partial charge on any atom is -0.496 e. The van der Waals surface area contributed by atoms with E-state index in [-0.39, 0.29) is 17.4 Å². The Morgan fingerprint density at radius 3 is 2.72 bits per heavy atom. The second kappa shape index (κ2) is 8.45. The number of urea groups is 1. The van der Waals surface area contributed by atoms with Gasteiger partial charge in [0.15, 0.2) is 0 Å². The molecule has 0 aliphatic rings. The number of thiophene rings is 1. The highest BCUT2D eigenvalue weighted by atomic mass is 32.1. The quantitative estimate of drug-likeness (QED) is 0.581. The predicted molar refractivity (Wildman–Crippen MR) is 97.4 cm³/mol. The first-order chi connectivity index (χ1) is 11.9. The van der Waals surface area contributed by atoms with Gasteiger partial charge in [0.1, 0.15) is 11.4 Å². The molecule has 2 N–H and O–H groups in total. The van der Waals surface area contributed by atoms with Crippen LogP contribution in [0.15, 0.2) is 35.7 Å². The van der Waals surface area contributed by atoms with Gasteiger partial charge in [0.2, 0.25) is 0 Å². The summed E-state index contributed by atoms with van der Waals surface area (Å²) >= 11 is 1.61. The Morgan fingerprint density at radius 2 is 2.16 bits per heavy atom. The summed E-state index contributed by atoms with van der Waals surface area (Å²) in [5.74, 6) is 0.350. The van der Waals surface area contributed by atoms with Crippen molar-refractivity contribution in [2.45, 2.75) is 6.04 Å². The molecule has 2 aromatic rings. The monoisotopic (exact) mass is 364 g/mol.